The SMILES string of the molecule is O=C(O)C[C@@H](NS(=O)(=O)c1cc(F)cc(F)c1)C(F)(F)F. The van der Waals surface area contributed by atoms with Crippen LogP contribution in [0.2, 0.25) is 0 Å². The van der Waals surface area contributed by atoms with E-state index in [1.807, 2.05) is 0 Å². The normalized spacial score (nSPS) is 14.0. The van der Waals surface area contributed by atoms with Crippen molar-refractivity contribution in [2.24, 2.45) is 0 Å². The fraction of sp³-hybridized carbons (Fsp3) is 0.300. The van der Waals surface area contributed by atoms with Crippen LogP contribution in [0.25, 0.3) is 0 Å². The molecule has 5 nitrogen and oxygen atoms in total. The van der Waals surface area contributed by atoms with Gasteiger partial charge >= 0.3 is 12.1 Å². The number of alkyl halides is 3. The first-order valence-electron chi connectivity index (χ1n) is 5.19. The highest BCUT2D eigenvalue weighted by atomic mass is 32.2. The number of sulfonamides is 1. The van der Waals surface area contributed by atoms with E-state index in [1.165, 1.54) is 0 Å². The van der Waals surface area contributed by atoms with E-state index in [4.69, 9.17) is 5.11 Å². The number of benzene rings is 1. The number of halogens is 5. The minimum atomic E-state index is -5.18. The number of carboxylic acid groups (broad SMARTS) is 1. The van der Waals surface area contributed by atoms with Crippen LogP contribution < -0.4 is 4.72 Å². The smallest absolute Gasteiger partial charge is 0.405 e. The molecular formula is C10H8F5NO4S. The van der Waals surface area contributed by atoms with Gasteiger partial charge in [0.2, 0.25) is 10.0 Å². The van der Waals surface area contributed by atoms with Crippen LogP contribution in [-0.4, -0.2) is 31.7 Å². The molecule has 0 aromatic heterocycles. The van der Waals surface area contributed by atoms with E-state index in [0.717, 1.165) is 4.72 Å². The highest BCUT2D eigenvalue weighted by molar-refractivity contribution is 7.89. The van der Waals surface area contributed by atoms with Crippen molar-refractivity contribution >= 4 is 16.0 Å². The number of aliphatic carboxylic acids is 1. The molecule has 0 aliphatic rings. The van der Waals surface area contributed by atoms with Crippen molar-refractivity contribution in [2.75, 3.05) is 0 Å². The van der Waals surface area contributed by atoms with Gasteiger partial charge in [-0.05, 0) is 12.1 Å². The summed E-state index contributed by atoms with van der Waals surface area (Å²) in [5.41, 5.74) is 0. The third-order valence-electron chi connectivity index (χ3n) is 2.22. The number of hydrogen-bond acceptors (Lipinski definition) is 3. The molecule has 11 heteroatoms. The zero-order valence-corrected chi connectivity index (χ0v) is 10.8. The van der Waals surface area contributed by atoms with Crippen LogP contribution in [-0.2, 0) is 14.8 Å². The molecule has 0 aliphatic heterocycles. The highest BCUT2D eigenvalue weighted by Crippen LogP contribution is 2.24. The third kappa shape index (κ3) is 4.93. The zero-order chi connectivity index (χ0) is 16.4. The maximum Gasteiger partial charge on any atom is 0.405 e. The van der Waals surface area contributed by atoms with Crippen LogP contribution in [0.5, 0.6) is 0 Å². The van der Waals surface area contributed by atoms with Gasteiger partial charge in [0.15, 0.2) is 0 Å². The molecule has 0 radical (unpaired) electrons. The van der Waals surface area contributed by atoms with Crippen molar-refractivity contribution in [2.45, 2.75) is 23.5 Å². The Hall–Kier alpha value is -1.75. The summed E-state index contributed by atoms with van der Waals surface area (Å²) in [5.74, 6) is -4.51. The maximum absolute atomic E-state index is 12.9. The Kier molecular flexibility index (Phi) is 4.89. The van der Waals surface area contributed by atoms with Gasteiger partial charge in [0, 0.05) is 6.07 Å². The van der Waals surface area contributed by atoms with E-state index in [2.05, 4.69) is 0 Å². The molecule has 1 rings (SSSR count). The maximum atomic E-state index is 12.9. The lowest BCUT2D eigenvalue weighted by Gasteiger charge is -2.20. The van der Waals surface area contributed by atoms with Crippen molar-refractivity contribution in [3.63, 3.8) is 0 Å². The molecule has 21 heavy (non-hydrogen) atoms. The molecule has 1 aromatic carbocycles. The topological polar surface area (TPSA) is 83.5 Å². The molecule has 0 heterocycles. The quantitative estimate of drug-likeness (QED) is 0.803. The molecule has 118 valence electrons. The standard InChI is InChI=1S/C10H8F5NO4S/c11-5-1-6(12)3-7(2-5)21(19,20)16-8(4-9(17)18)10(13,14)15/h1-3,8,16H,4H2,(H,17,18)/t8-/m1/s1. The Morgan fingerprint density at radius 3 is 2.05 bits per heavy atom. The first kappa shape index (κ1) is 17.3. The lowest BCUT2D eigenvalue weighted by Crippen LogP contribution is -2.46. The van der Waals surface area contributed by atoms with Crippen molar-refractivity contribution in [1.82, 2.24) is 4.72 Å². The predicted molar refractivity (Wildman–Crippen MR) is 58.8 cm³/mol. The van der Waals surface area contributed by atoms with Crippen molar-refractivity contribution in [3.05, 3.63) is 29.8 Å². The van der Waals surface area contributed by atoms with E-state index in [1.54, 1.807) is 0 Å². The Labute approximate surface area is 115 Å². The van der Waals surface area contributed by atoms with E-state index < -0.39 is 51.2 Å². The Bertz CT molecular complexity index is 623. The van der Waals surface area contributed by atoms with Crippen LogP contribution in [0, 0.1) is 11.6 Å². The highest BCUT2D eigenvalue weighted by Gasteiger charge is 2.43. The second-order valence-electron chi connectivity index (χ2n) is 3.92. The Balaban J connectivity index is 3.14. The first-order valence-corrected chi connectivity index (χ1v) is 6.67. The van der Waals surface area contributed by atoms with E-state index in [0.29, 0.717) is 18.2 Å². The summed E-state index contributed by atoms with van der Waals surface area (Å²) >= 11 is 0. The molecule has 2 N–H and O–H groups in total. The van der Waals surface area contributed by atoms with Gasteiger partial charge in [-0.2, -0.15) is 17.9 Å². The van der Waals surface area contributed by atoms with Gasteiger partial charge in [0.1, 0.15) is 17.7 Å². The number of nitrogens with one attached hydrogen (secondary N) is 1. The van der Waals surface area contributed by atoms with E-state index >= 15 is 0 Å². The zero-order valence-electron chi connectivity index (χ0n) is 9.99. The second-order valence-corrected chi connectivity index (χ2v) is 5.63. The van der Waals surface area contributed by atoms with Gasteiger partial charge in [0.25, 0.3) is 0 Å². The Morgan fingerprint density at radius 1 is 1.19 bits per heavy atom. The molecule has 0 spiro atoms. The lowest BCUT2D eigenvalue weighted by atomic mass is 10.2. The van der Waals surface area contributed by atoms with Gasteiger partial charge in [0.05, 0.1) is 11.3 Å². The molecule has 1 atom stereocenters. The number of rotatable bonds is 5. The summed E-state index contributed by atoms with van der Waals surface area (Å²) < 4.78 is 87.8. The average molecular weight is 333 g/mol. The number of carboxylic acids is 1. The molecule has 0 fully saturated rings. The summed E-state index contributed by atoms with van der Waals surface area (Å²) in [5, 5.41) is 8.35. The summed E-state index contributed by atoms with van der Waals surface area (Å²) in [6.07, 6.45) is -6.75. The molecule has 0 unspecified atom stereocenters. The van der Waals surface area contributed by atoms with Crippen LogP contribution in [0.4, 0.5) is 22.0 Å². The second kappa shape index (κ2) is 5.93. The fourth-order valence-electron chi connectivity index (χ4n) is 1.34. The average Bonchev–Trinajstić information content (AvgIpc) is 2.24. The number of carbonyl (C=O) groups is 1. The minimum Gasteiger partial charge on any atom is -0.481 e. The van der Waals surface area contributed by atoms with Gasteiger partial charge in [-0.1, -0.05) is 0 Å². The van der Waals surface area contributed by atoms with Crippen LogP contribution >= 0.6 is 0 Å². The third-order valence-corrected chi connectivity index (χ3v) is 3.67. The summed E-state index contributed by atoms with van der Waals surface area (Å²) in [7, 11) is -4.95. The van der Waals surface area contributed by atoms with Crippen LogP contribution in [0.1, 0.15) is 6.42 Å². The molecule has 0 bridgehead atoms. The van der Waals surface area contributed by atoms with Gasteiger partial charge in [-0.15, -0.1) is 0 Å². The van der Waals surface area contributed by atoms with Gasteiger partial charge in [-0.3, -0.25) is 4.79 Å². The Morgan fingerprint density at radius 2 is 1.67 bits per heavy atom. The number of hydrogen-bond donors (Lipinski definition) is 2. The predicted octanol–water partition coefficient (Wildman–Crippen LogP) is 1.65. The largest absolute Gasteiger partial charge is 0.481 e. The molecule has 0 saturated carbocycles. The van der Waals surface area contributed by atoms with E-state index in [9.17, 15) is 35.2 Å². The summed E-state index contributed by atoms with van der Waals surface area (Å²) in [6, 6.07) is -1.98. The van der Waals surface area contributed by atoms with Crippen molar-refractivity contribution in [1.29, 1.82) is 0 Å². The minimum absolute atomic E-state index is 0.305. The molecular weight excluding hydrogens is 325 g/mol. The molecule has 0 aliphatic carbocycles. The summed E-state index contributed by atoms with van der Waals surface area (Å²) in [4.78, 5) is 9.25. The monoisotopic (exact) mass is 333 g/mol. The molecule has 1 aromatic rings. The van der Waals surface area contributed by atoms with Crippen LogP contribution in [0.3, 0.4) is 0 Å². The molecule has 0 amide bonds. The molecule has 0 saturated heterocycles. The van der Waals surface area contributed by atoms with Crippen molar-refractivity contribution < 1.29 is 40.3 Å². The van der Waals surface area contributed by atoms with Gasteiger partial charge in [-0.25, -0.2) is 17.2 Å². The van der Waals surface area contributed by atoms with Crippen LogP contribution in [0.15, 0.2) is 23.1 Å². The summed E-state index contributed by atoms with van der Waals surface area (Å²) in [6.45, 7) is 0. The van der Waals surface area contributed by atoms with Crippen molar-refractivity contribution in [3.8, 4) is 0 Å². The van der Waals surface area contributed by atoms with E-state index in [-0.39, 0.29) is 0 Å². The lowest BCUT2D eigenvalue weighted by molar-refractivity contribution is -0.163. The fourth-order valence-corrected chi connectivity index (χ4v) is 2.60. The van der Waals surface area contributed by atoms with Gasteiger partial charge < -0.3 is 5.11 Å². The first-order chi connectivity index (χ1) is 9.41.